The maximum atomic E-state index is 13.2. The summed E-state index contributed by atoms with van der Waals surface area (Å²) in [4.78, 5) is 11.8. The van der Waals surface area contributed by atoms with Crippen LogP contribution in [0.1, 0.15) is 37.0 Å². The maximum absolute atomic E-state index is 13.2. The summed E-state index contributed by atoms with van der Waals surface area (Å²) in [6, 6.07) is 3.85. The van der Waals surface area contributed by atoms with Crippen LogP contribution in [-0.2, 0) is 0 Å². The van der Waals surface area contributed by atoms with Gasteiger partial charge in [-0.2, -0.15) is 0 Å². The van der Waals surface area contributed by atoms with Gasteiger partial charge in [0.25, 0.3) is 5.91 Å². The molecule has 0 aliphatic rings. The van der Waals surface area contributed by atoms with E-state index >= 15 is 0 Å². The molecule has 1 aromatic carbocycles. The molecule has 0 fully saturated rings. The Morgan fingerprint density at radius 3 is 2.56 bits per heavy atom. The van der Waals surface area contributed by atoms with E-state index in [1.807, 2.05) is 13.8 Å². The van der Waals surface area contributed by atoms with Gasteiger partial charge in [-0.3, -0.25) is 4.79 Å². The molecule has 0 heterocycles. The minimum absolute atomic E-state index is 0.0230. The summed E-state index contributed by atoms with van der Waals surface area (Å²) in [5.41, 5.74) is -0.730. The molecule has 1 amide bonds. The smallest absolute Gasteiger partial charge is 0.251 e. The van der Waals surface area contributed by atoms with Gasteiger partial charge in [0.2, 0.25) is 0 Å². The van der Waals surface area contributed by atoms with Crippen molar-refractivity contribution in [1.29, 1.82) is 0 Å². The number of carbonyl (C=O) groups excluding carboxylic acids is 1. The molecule has 0 spiro atoms. The Labute approximate surface area is 111 Å². The van der Waals surface area contributed by atoms with E-state index in [4.69, 9.17) is 11.6 Å². The Hall–Kier alpha value is -1.13. The molecular weight excluding hydrogens is 257 g/mol. The van der Waals surface area contributed by atoms with Gasteiger partial charge in [0.1, 0.15) is 5.82 Å². The summed E-state index contributed by atoms with van der Waals surface area (Å²) in [6.07, 6.45) is 1.08. The van der Waals surface area contributed by atoms with E-state index in [2.05, 4.69) is 5.32 Å². The van der Waals surface area contributed by atoms with Crippen molar-refractivity contribution in [3.63, 3.8) is 0 Å². The van der Waals surface area contributed by atoms with Gasteiger partial charge in [-0.25, -0.2) is 4.39 Å². The summed E-state index contributed by atoms with van der Waals surface area (Å²) >= 11 is 5.53. The highest BCUT2D eigenvalue weighted by atomic mass is 35.5. The fourth-order valence-corrected chi connectivity index (χ4v) is 1.60. The first-order valence-electron chi connectivity index (χ1n) is 5.87. The van der Waals surface area contributed by atoms with Crippen LogP contribution in [0.25, 0.3) is 0 Å². The van der Waals surface area contributed by atoms with Gasteiger partial charge in [0.15, 0.2) is 0 Å². The average molecular weight is 274 g/mol. The highest BCUT2D eigenvalue weighted by molar-refractivity contribution is 6.30. The van der Waals surface area contributed by atoms with Crippen LogP contribution in [0.3, 0.4) is 0 Å². The van der Waals surface area contributed by atoms with E-state index in [0.29, 0.717) is 12.8 Å². The molecule has 0 atom stereocenters. The molecule has 0 saturated heterocycles. The second kappa shape index (κ2) is 6.16. The van der Waals surface area contributed by atoms with Gasteiger partial charge < -0.3 is 10.4 Å². The highest BCUT2D eigenvalue weighted by Gasteiger charge is 2.23. The number of nitrogens with one attached hydrogen (secondary N) is 1. The van der Waals surface area contributed by atoms with Gasteiger partial charge in [-0.1, -0.05) is 25.4 Å². The Bertz CT molecular complexity index is 433. The van der Waals surface area contributed by atoms with Crippen LogP contribution in [0.2, 0.25) is 5.02 Å². The third-order valence-electron chi connectivity index (χ3n) is 3.08. The number of aliphatic hydroxyl groups is 1. The van der Waals surface area contributed by atoms with Crippen molar-refractivity contribution < 1.29 is 14.3 Å². The van der Waals surface area contributed by atoms with E-state index in [9.17, 15) is 14.3 Å². The lowest BCUT2D eigenvalue weighted by atomic mass is 9.97. The number of rotatable bonds is 5. The number of hydrogen-bond donors (Lipinski definition) is 2. The van der Waals surface area contributed by atoms with Gasteiger partial charge in [0.05, 0.1) is 10.6 Å². The molecule has 0 aromatic heterocycles. The molecule has 5 heteroatoms. The lowest BCUT2D eigenvalue weighted by molar-refractivity contribution is 0.0314. The van der Waals surface area contributed by atoms with Crippen molar-refractivity contribution in [2.24, 2.45) is 0 Å². The summed E-state index contributed by atoms with van der Waals surface area (Å²) in [5, 5.41) is 12.6. The van der Waals surface area contributed by atoms with E-state index in [1.165, 1.54) is 12.1 Å². The lowest BCUT2D eigenvalue weighted by Crippen LogP contribution is -2.42. The van der Waals surface area contributed by atoms with Crippen LogP contribution in [0.15, 0.2) is 18.2 Å². The molecule has 18 heavy (non-hydrogen) atoms. The van der Waals surface area contributed by atoms with Gasteiger partial charge in [-0.15, -0.1) is 0 Å². The van der Waals surface area contributed by atoms with E-state index in [1.54, 1.807) is 0 Å². The van der Waals surface area contributed by atoms with Crippen molar-refractivity contribution in [3.8, 4) is 0 Å². The second-order valence-corrected chi connectivity index (χ2v) is 4.65. The van der Waals surface area contributed by atoms with Crippen LogP contribution in [0.5, 0.6) is 0 Å². The van der Waals surface area contributed by atoms with E-state index in [-0.39, 0.29) is 17.1 Å². The molecular formula is C13H17ClFNO2. The van der Waals surface area contributed by atoms with Crippen LogP contribution in [0, 0.1) is 5.82 Å². The fourth-order valence-electron chi connectivity index (χ4n) is 1.48. The zero-order chi connectivity index (χ0) is 13.8. The first-order valence-corrected chi connectivity index (χ1v) is 6.25. The number of amides is 1. The first kappa shape index (κ1) is 14.9. The zero-order valence-electron chi connectivity index (χ0n) is 10.5. The standard InChI is InChI=1S/C13H17ClFNO2/c1-3-13(18,4-2)8-16-12(17)9-5-6-10(14)11(15)7-9/h5-7,18H,3-4,8H2,1-2H3,(H,16,17). The molecule has 0 bridgehead atoms. The van der Waals surface area contributed by atoms with Crippen LogP contribution >= 0.6 is 11.6 Å². The molecule has 100 valence electrons. The minimum atomic E-state index is -0.916. The maximum Gasteiger partial charge on any atom is 0.251 e. The molecule has 0 radical (unpaired) electrons. The number of carbonyl (C=O) groups is 1. The Morgan fingerprint density at radius 1 is 1.44 bits per heavy atom. The first-order chi connectivity index (χ1) is 8.41. The monoisotopic (exact) mass is 273 g/mol. The number of benzene rings is 1. The highest BCUT2D eigenvalue weighted by Crippen LogP contribution is 2.16. The molecule has 2 N–H and O–H groups in total. The van der Waals surface area contributed by atoms with Crippen molar-refractivity contribution >= 4 is 17.5 Å². The molecule has 1 rings (SSSR count). The fraction of sp³-hybridized carbons (Fsp3) is 0.462. The quantitative estimate of drug-likeness (QED) is 0.867. The Balaban J connectivity index is 2.68. The third-order valence-corrected chi connectivity index (χ3v) is 3.38. The minimum Gasteiger partial charge on any atom is -0.388 e. The van der Waals surface area contributed by atoms with E-state index in [0.717, 1.165) is 6.07 Å². The third kappa shape index (κ3) is 3.68. The summed E-state index contributed by atoms with van der Waals surface area (Å²) < 4.78 is 13.2. The van der Waals surface area contributed by atoms with Gasteiger partial charge in [0, 0.05) is 12.1 Å². The number of hydrogen-bond acceptors (Lipinski definition) is 2. The van der Waals surface area contributed by atoms with Crippen molar-refractivity contribution in [2.75, 3.05) is 6.54 Å². The van der Waals surface area contributed by atoms with Crippen LogP contribution in [-0.4, -0.2) is 23.2 Å². The summed E-state index contributed by atoms with van der Waals surface area (Å²) in [7, 11) is 0. The van der Waals surface area contributed by atoms with Crippen LogP contribution in [0.4, 0.5) is 4.39 Å². The molecule has 0 aliphatic carbocycles. The Morgan fingerprint density at radius 2 is 2.06 bits per heavy atom. The van der Waals surface area contributed by atoms with Gasteiger partial charge in [-0.05, 0) is 31.0 Å². The largest absolute Gasteiger partial charge is 0.388 e. The second-order valence-electron chi connectivity index (χ2n) is 4.24. The predicted molar refractivity (Wildman–Crippen MR) is 69.3 cm³/mol. The average Bonchev–Trinajstić information content (AvgIpc) is 2.38. The van der Waals surface area contributed by atoms with Crippen molar-refractivity contribution in [2.45, 2.75) is 32.3 Å². The lowest BCUT2D eigenvalue weighted by Gasteiger charge is -2.25. The van der Waals surface area contributed by atoms with Gasteiger partial charge >= 0.3 is 0 Å². The molecule has 0 aliphatic heterocycles. The number of halogens is 2. The van der Waals surface area contributed by atoms with Crippen LogP contribution < -0.4 is 5.32 Å². The summed E-state index contributed by atoms with van der Waals surface area (Å²) in [6.45, 7) is 3.83. The zero-order valence-corrected chi connectivity index (χ0v) is 11.2. The normalized spacial score (nSPS) is 11.4. The Kier molecular flexibility index (Phi) is 5.11. The van der Waals surface area contributed by atoms with Crippen molar-refractivity contribution in [3.05, 3.63) is 34.6 Å². The molecule has 3 nitrogen and oxygen atoms in total. The summed E-state index contributed by atoms with van der Waals surface area (Å²) in [5.74, 6) is -1.06. The molecule has 0 unspecified atom stereocenters. The molecule has 0 saturated carbocycles. The van der Waals surface area contributed by atoms with Crippen molar-refractivity contribution in [1.82, 2.24) is 5.32 Å². The predicted octanol–water partition coefficient (Wildman–Crippen LogP) is 2.76. The topological polar surface area (TPSA) is 49.3 Å². The SMILES string of the molecule is CCC(O)(CC)CNC(=O)c1ccc(Cl)c(F)c1. The van der Waals surface area contributed by atoms with E-state index < -0.39 is 17.3 Å². The molecule has 1 aromatic rings.